The first kappa shape index (κ1) is 13.9. The minimum Gasteiger partial charge on any atom is -0.396 e. The number of nitrogens with one attached hydrogen (secondary N) is 1. The molecule has 0 spiro atoms. The zero-order valence-corrected chi connectivity index (χ0v) is 8.98. The Balaban J connectivity index is 3.84. The molecule has 0 aliphatic carbocycles. The van der Waals surface area contributed by atoms with Crippen molar-refractivity contribution < 1.29 is 5.11 Å². The second-order valence-corrected chi connectivity index (χ2v) is 2.98. The van der Waals surface area contributed by atoms with Crippen molar-refractivity contribution in [3.05, 3.63) is 11.4 Å². The molecule has 0 fully saturated rings. The summed E-state index contributed by atoms with van der Waals surface area (Å²) < 4.78 is 0. The Kier molecular flexibility index (Phi) is 8.29. The molecule has 0 radical (unpaired) electrons. The molecule has 0 aromatic rings. The third-order valence-electron chi connectivity index (χ3n) is 1.75. The molecule has 0 unspecified atom stereocenters. The third-order valence-corrected chi connectivity index (χ3v) is 1.75. The van der Waals surface area contributed by atoms with Gasteiger partial charge in [0.15, 0.2) is 5.70 Å². The number of allylic oxidation sites excluding steroid dienone is 2. The van der Waals surface area contributed by atoms with Crippen LogP contribution in [0.15, 0.2) is 16.4 Å². The molecule has 0 aliphatic heterocycles. The summed E-state index contributed by atoms with van der Waals surface area (Å²) >= 11 is 0. The highest BCUT2D eigenvalue weighted by Gasteiger charge is 1.98. The average molecular weight is 221 g/mol. The molecule has 0 bridgehead atoms. The van der Waals surface area contributed by atoms with Crippen LogP contribution in [0, 0.1) is 22.7 Å². The summed E-state index contributed by atoms with van der Waals surface area (Å²) in [7, 11) is 0. The van der Waals surface area contributed by atoms with Gasteiger partial charge in [-0.05, 0) is 19.3 Å². The van der Waals surface area contributed by atoms with E-state index in [4.69, 9.17) is 21.4 Å². The number of aliphatic hydroxyl groups excluding tert-OH is 1. The van der Waals surface area contributed by atoms with E-state index in [2.05, 4.69) is 10.3 Å². The van der Waals surface area contributed by atoms with E-state index in [9.17, 15) is 0 Å². The Morgan fingerprint density at radius 1 is 1.31 bits per heavy atom. The number of aliphatic hydroxyl groups is 1. The van der Waals surface area contributed by atoms with Crippen molar-refractivity contribution in [2.45, 2.75) is 19.3 Å². The van der Waals surface area contributed by atoms with E-state index in [1.807, 2.05) is 0 Å². The van der Waals surface area contributed by atoms with Crippen molar-refractivity contribution in [3.8, 4) is 12.1 Å². The van der Waals surface area contributed by atoms with Crippen molar-refractivity contribution in [1.29, 1.82) is 10.5 Å². The molecule has 0 aromatic carbocycles. The number of unbranched alkanes of at least 4 members (excludes halogenated alkanes) is 2. The van der Waals surface area contributed by atoms with Gasteiger partial charge in [0.1, 0.15) is 17.8 Å². The molecule has 6 heteroatoms. The van der Waals surface area contributed by atoms with Gasteiger partial charge >= 0.3 is 0 Å². The van der Waals surface area contributed by atoms with E-state index in [0.717, 1.165) is 19.3 Å². The summed E-state index contributed by atoms with van der Waals surface area (Å²) in [5.41, 5.74) is 5.10. The number of nitrogens with zero attached hydrogens (tertiary/aromatic N) is 3. The third kappa shape index (κ3) is 6.41. The molecule has 0 amide bonds. The fourth-order valence-corrected chi connectivity index (χ4v) is 0.893. The van der Waals surface area contributed by atoms with Gasteiger partial charge in [0.2, 0.25) is 0 Å². The van der Waals surface area contributed by atoms with Gasteiger partial charge in [-0.25, -0.2) is 0 Å². The fourth-order valence-electron chi connectivity index (χ4n) is 0.893. The van der Waals surface area contributed by atoms with Crippen molar-refractivity contribution in [2.24, 2.45) is 10.7 Å². The lowest BCUT2D eigenvalue weighted by Crippen LogP contribution is -2.15. The average Bonchev–Trinajstić information content (AvgIpc) is 2.32. The Morgan fingerprint density at radius 2 is 2.06 bits per heavy atom. The summed E-state index contributed by atoms with van der Waals surface area (Å²) in [6.45, 7) is 0.806. The van der Waals surface area contributed by atoms with Gasteiger partial charge in [-0.1, -0.05) is 0 Å². The molecule has 0 atom stereocenters. The highest BCUT2D eigenvalue weighted by atomic mass is 16.2. The lowest BCUT2D eigenvalue weighted by atomic mass is 10.2. The van der Waals surface area contributed by atoms with E-state index < -0.39 is 0 Å². The highest BCUT2D eigenvalue weighted by molar-refractivity contribution is 5.60. The summed E-state index contributed by atoms with van der Waals surface area (Å²) in [6, 6.07) is 3.43. The number of nitrogens with two attached hydrogens (primary N) is 1. The Morgan fingerprint density at radius 3 is 2.62 bits per heavy atom. The number of nitriles is 2. The topological polar surface area (TPSA) is 118 Å². The first-order valence-electron chi connectivity index (χ1n) is 4.92. The van der Waals surface area contributed by atoms with Crippen LogP contribution in [-0.2, 0) is 0 Å². The monoisotopic (exact) mass is 221 g/mol. The Bertz CT molecular complexity index is 334. The lowest BCUT2D eigenvalue weighted by molar-refractivity contribution is 0.283. The van der Waals surface area contributed by atoms with Gasteiger partial charge in [-0.3, -0.25) is 4.99 Å². The van der Waals surface area contributed by atoms with Gasteiger partial charge in [-0.2, -0.15) is 10.5 Å². The maximum absolute atomic E-state index is 8.61. The van der Waals surface area contributed by atoms with Gasteiger partial charge < -0.3 is 16.2 Å². The first-order chi connectivity index (χ1) is 7.76. The first-order valence-corrected chi connectivity index (χ1v) is 4.92. The summed E-state index contributed by atoms with van der Waals surface area (Å²) in [5.74, 6) is 0. The Labute approximate surface area is 94.7 Å². The smallest absolute Gasteiger partial charge is 0.152 e. The van der Waals surface area contributed by atoms with Gasteiger partial charge in [-0.15, -0.1) is 0 Å². The normalized spacial score (nSPS) is 11.7. The standard InChI is InChI=1S/C10H15N5O/c11-6-9(13)10(7-12)15-8-14-4-2-1-3-5-16/h8,16H,1-5,13H2,(H,14,15)/b10-9-. The van der Waals surface area contributed by atoms with Crippen LogP contribution in [0.4, 0.5) is 0 Å². The summed E-state index contributed by atoms with van der Waals surface area (Å²) in [4.78, 5) is 3.98. The molecule has 0 heterocycles. The van der Waals surface area contributed by atoms with Gasteiger partial charge in [0.25, 0.3) is 0 Å². The van der Waals surface area contributed by atoms with E-state index in [1.54, 1.807) is 12.1 Å². The van der Waals surface area contributed by atoms with Crippen molar-refractivity contribution in [1.82, 2.24) is 5.32 Å². The maximum atomic E-state index is 8.61. The molecule has 0 aromatic heterocycles. The van der Waals surface area contributed by atoms with Gasteiger partial charge in [0, 0.05) is 13.2 Å². The summed E-state index contributed by atoms with van der Waals surface area (Å²) in [5, 5.41) is 28.1. The van der Waals surface area contributed by atoms with E-state index in [0.29, 0.717) is 6.54 Å². The Hall–Kier alpha value is -2.05. The molecular formula is C10H15N5O. The fraction of sp³-hybridized carbons (Fsp3) is 0.500. The number of rotatable bonds is 7. The lowest BCUT2D eigenvalue weighted by Gasteiger charge is -1.97. The van der Waals surface area contributed by atoms with Gasteiger partial charge in [0.05, 0.1) is 6.34 Å². The van der Waals surface area contributed by atoms with E-state index in [1.165, 1.54) is 6.34 Å². The van der Waals surface area contributed by atoms with Crippen molar-refractivity contribution in [2.75, 3.05) is 13.2 Å². The molecule has 6 nitrogen and oxygen atoms in total. The molecule has 16 heavy (non-hydrogen) atoms. The minimum atomic E-state index is -0.158. The predicted molar refractivity (Wildman–Crippen MR) is 59.9 cm³/mol. The van der Waals surface area contributed by atoms with Crippen LogP contribution >= 0.6 is 0 Å². The van der Waals surface area contributed by atoms with Crippen LogP contribution in [0.2, 0.25) is 0 Å². The predicted octanol–water partition coefficient (Wildman–Crippen LogP) is -0.0156. The molecule has 0 aliphatic rings. The molecule has 0 rings (SSSR count). The van der Waals surface area contributed by atoms with E-state index in [-0.39, 0.29) is 18.0 Å². The molecule has 4 N–H and O–H groups in total. The zero-order chi connectivity index (χ0) is 12.2. The van der Waals surface area contributed by atoms with E-state index >= 15 is 0 Å². The number of hydrogen-bond donors (Lipinski definition) is 3. The maximum Gasteiger partial charge on any atom is 0.152 e. The van der Waals surface area contributed by atoms with Crippen LogP contribution in [0.1, 0.15) is 19.3 Å². The SMILES string of the molecule is N#C/C(N)=C(\C#N)NC=NCCCCCO. The molecule has 0 saturated heterocycles. The van der Waals surface area contributed by atoms with Crippen LogP contribution in [0.3, 0.4) is 0 Å². The zero-order valence-electron chi connectivity index (χ0n) is 8.98. The molecular weight excluding hydrogens is 206 g/mol. The summed E-state index contributed by atoms with van der Waals surface area (Å²) in [6.07, 6.45) is 3.91. The van der Waals surface area contributed by atoms with Crippen molar-refractivity contribution >= 4 is 6.34 Å². The largest absolute Gasteiger partial charge is 0.396 e. The second kappa shape index (κ2) is 9.50. The molecule has 0 saturated carbocycles. The van der Waals surface area contributed by atoms with Crippen LogP contribution in [-0.4, -0.2) is 24.6 Å². The van der Waals surface area contributed by atoms with Crippen LogP contribution in [0.5, 0.6) is 0 Å². The quantitative estimate of drug-likeness (QED) is 0.242. The minimum absolute atomic E-state index is 0.00149. The number of hydrogen-bond acceptors (Lipinski definition) is 5. The molecule has 86 valence electrons. The van der Waals surface area contributed by atoms with Crippen molar-refractivity contribution in [3.63, 3.8) is 0 Å². The second-order valence-electron chi connectivity index (χ2n) is 2.98. The van der Waals surface area contributed by atoms with Crippen LogP contribution in [0.25, 0.3) is 0 Å². The highest BCUT2D eigenvalue weighted by Crippen LogP contribution is 1.94. The van der Waals surface area contributed by atoms with Crippen LogP contribution < -0.4 is 11.1 Å². The number of aliphatic imine (C=N–C) groups is 1.